The van der Waals surface area contributed by atoms with Crippen LogP contribution >= 0.6 is 23.2 Å². The Kier molecular flexibility index (Phi) is 6.61. The molecule has 0 N–H and O–H groups in total. The van der Waals surface area contributed by atoms with Gasteiger partial charge in [0.25, 0.3) is 0 Å². The monoisotopic (exact) mass is 599 g/mol. The SMILES string of the molecule is CN1c2ccc3ccccc3c2C(C)(C)[C@]12C=C(c1ccc(Cl)cc1)C=C(c1ccccc1)[C@@H]2C(=O)c1ccc(Cl)cc1. The Labute approximate surface area is 262 Å². The molecule has 1 aliphatic carbocycles. The van der Waals surface area contributed by atoms with Crippen molar-refractivity contribution < 1.29 is 4.79 Å². The first-order valence-corrected chi connectivity index (χ1v) is 15.3. The van der Waals surface area contributed by atoms with E-state index in [1.807, 2.05) is 42.5 Å². The Morgan fingerprint density at radius 1 is 0.721 bits per heavy atom. The molecule has 0 fully saturated rings. The lowest BCUT2D eigenvalue weighted by Gasteiger charge is -2.52. The number of nitrogens with zero attached hydrogens (tertiary/aromatic N) is 1. The van der Waals surface area contributed by atoms with Gasteiger partial charge in [-0.2, -0.15) is 0 Å². The van der Waals surface area contributed by atoms with E-state index < -0.39 is 16.9 Å². The maximum atomic E-state index is 15.0. The van der Waals surface area contributed by atoms with Crippen LogP contribution in [0.3, 0.4) is 0 Å². The second-order valence-corrected chi connectivity index (χ2v) is 12.9. The fraction of sp³-hybridized carbons (Fsp3) is 0.154. The van der Waals surface area contributed by atoms with Crippen molar-refractivity contribution in [2.75, 3.05) is 11.9 Å². The summed E-state index contributed by atoms with van der Waals surface area (Å²) in [7, 11) is 2.15. The number of carbonyl (C=O) groups is 1. The quantitative estimate of drug-likeness (QED) is 0.191. The number of ketones is 1. The molecule has 5 aromatic carbocycles. The number of carbonyl (C=O) groups excluding carboxylic acids is 1. The highest BCUT2D eigenvalue weighted by atomic mass is 35.5. The Hall–Kier alpha value is -4.11. The van der Waals surface area contributed by atoms with Crippen LogP contribution < -0.4 is 4.90 Å². The smallest absolute Gasteiger partial charge is 0.173 e. The lowest BCUT2D eigenvalue weighted by Crippen LogP contribution is -2.61. The molecular formula is C39H31Cl2NO. The topological polar surface area (TPSA) is 20.3 Å². The summed E-state index contributed by atoms with van der Waals surface area (Å²) in [5, 5.41) is 3.70. The lowest BCUT2D eigenvalue weighted by molar-refractivity contribution is 0.0886. The number of halogens is 2. The molecule has 1 aliphatic heterocycles. The van der Waals surface area contributed by atoms with Crippen molar-refractivity contribution in [3.05, 3.63) is 160 Å². The molecule has 4 heteroatoms. The number of rotatable bonds is 4. The molecule has 0 saturated carbocycles. The molecule has 1 heterocycles. The predicted octanol–water partition coefficient (Wildman–Crippen LogP) is 10.3. The number of anilines is 1. The van der Waals surface area contributed by atoms with Gasteiger partial charge in [-0.15, -0.1) is 0 Å². The van der Waals surface area contributed by atoms with Crippen LogP contribution in [0, 0.1) is 5.92 Å². The van der Waals surface area contributed by atoms with Crippen LogP contribution in [-0.2, 0) is 5.41 Å². The zero-order chi connectivity index (χ0) is 29.9. The first-order chi connectivity index (χ1) is 20.7. The van der Waals surface area contributed by atoms with E-state index in [2.05, 4.69) is 98.6 Å². The summed E-state index contributed by atoms with van der Waals surface area (Å²) < 4.78 is 0. The zero-order valence-corrected chi connectivity index (χ0v) is 25.8. The maximum Gasteiger partial charge on any atom is 0.173 e. The normalized spacial score (nSPS) is 20.6. The molecule has 0 amide bonds. The van der Waals surface area contributed by atoms with Gasteiger partial charge in [-0.1, -0.05) is 110 Å². The summed E-state index contributed by atoms with van der Waals surface area (Å²) in [6.45, 7) is 4.60. The lowest BCUT2D eigenvalue weighted by atomic mass is 9.57. The maximum absolute atomic E-state index is 15.0. The van der Waals surface area contributed by atoms with Gasteiger partial charge in [-0.3, -0.25) is 4.79 Å². The summed E-state index contributed by atoms with van der Waals surface area (Å²) >= 11 is 12.6. The van der Waals surface area contributed by atoms with E-state index >= 15 is 4.79 Å². The third-order valence-corrected chi connectivity index (χ3v) is 10.1. The van der Waals surface area contributed by atoms with Gasteiger partial charge in [-0.25, -0.2) is 0 Å². The van der Waals surface area contributed by atoms with Crippen molar-refractivity contribution in [3.63, 3.8) is 0 Å². The van der Waals surface area contributed by atoms with Gasteiger partial charge in [-0.05, 0) is 93.2 Å². The Morgan fingerprint density at radius 2 is 1.35 bits per heavy atom. The van der Waals surface area contributed by atoms with Crippen molar-refractivity contribution in [1.82, 2.24) is 0 Å². The zero-order valence-electron chi connectivity index (χ0n) is 24.3. The summed E-state index contributed by atoms with van der Waals surface area (Å²) in [4.78, 5) is 17.4. The molecule has 43 heavy (non-hydrogen) atoms. The van der Waals surface area contributed by atoms with Gasteiger partial charge >= 0.3 is 0 Å². The molecule has 1 spiro atoms. The van der Waals surface area contributed by atoms with Gasteiger partial charge < -0.3 is 4.90 Å². The van der Waals surface area contributed by atoms with Gasteiger partial charge in [0.2, 0.25) is 0 Å². The minimum Gasteiger partial charge on any atom is -0.363 e. The van der Waals surface area contributed by atoms with Crippen LogP contribution in [0.4, 0.5) is 5.69 Å². The van der Waals surface area contributed by atoms with E-state index in [1.54, 1.807) is 12.1 Å². The minimum absolute atomic E-state index is 0.0650. The van der Waals surface area contributed by atoms with E-state index in [0.717, 1.165) is 28.0 Å². The van der Waals surface area contributed by atoms with Crippen LogP contribution in [-0.4, -0.2) is 18.4 Å². The number of benzene rings is 5. The molecule has 0 unspecified atom stereocenters. The molecule has 2 nitrogen and oxygen atoms in total. The van der Waals surface area contributed by atoms with E-state index in [9.17, 15) is 0 Å². The molecule has 0 bridgehead atoms. The Morgan fingerprint density at radius 3 is 2.05 bits per heavy atom. The van der Waals surface area contributed by atoms with Crippen molar-refractivity contribution in [3.8, 4) is 0 Å². The van der Waals surface area contributed by atoms with Crippen molar-refractivity contribution in [2.45, 2.75) is 24.8 Å². The highest BCUT2D eigenvalue weighted by Crippen LogP contribution is 2.61. The highest BCUT2D eigenvalue weighted by molar-refractivity contribution is 6.31. The number of likely N-dealkylation sites (N-methyl/N-ethyl adjacent to an activating group) is 1. The molecule has 0 aromatic heterocycles. The predicted molar refractivity (Wildman–Crippen MR) is 181 cm³/mol. The molecule has 212 valence electrons. The van der Waals surface area contributed by atoms with Crippen LogP contribution in [0.25, 0.3) is 21.9 Å². The van der Waals surface area contributed by atoms with E-state index in [4.69, 9.17) is 23.2 Å². The molecule has 2 aliphatic rings. The van der Waals surface area contributed by atoms with Gasteiger partial charge in [0.1, 0.15) is 0 Å². The molecule has 5 aromatic rings. The van der Waals surface area contributed by atoms with Crippen LogP contribution in [0.1, 0.15) is 40.9 Å². The average Bonchev–Trinajstić information content (AvgIpc) is 3.19. The number of fused-ring (bicyclic) bond motifs is 3. The fourth-order valence-corrected chi connectivity index (χ4v) is 7.76. The largest absolute Gasteiger partial charge is 0.363 e. The third kappa shape index (κ3) is 4.19. The number of allylic oxidation sites excluding steroid dienone is 2. The van der Waals surface area contributed by atoms with Gasteiger partial charge in [0.05, 0.1) is 11.5 Å². The number of Topliss-reactive ketones (excluding diaryl/α,β-unsaturated/α-hetero) is 1. The second-order valence-electron chi connectivity index (χ2n) is 12.1. The van der Waals surface area contributed by atoms with Gasteiger partial charge in [0, 0.05) is 33.8 Å². The number of hydrogen-bond donors (Lipinski definition) is 0. The summed E-state index contributed by atoms with van der Waals surface area (Å²) in [6.07, 6.45) is 4.54. The Balaban J connectivity index is 1.57. The molecule has 7 rings (SSSR count). The van der Waals surface area contributed by atoms with E-state index in [1.165, 1.54) is 16.3 Å². The summed E-state index contributed by atoms with van der Waals surface area (Å²) in [5.41, 5.74) is 5.95. The standard InChI is InChI=1S/C39H31Cl2NO/c1-38(2)35-32-12-8-7-11-27(32)17-22-34(35)42(3)39(38)24-29(25-13-18-30(40)19-14-25)23-33(26-9-5-4-6-10-26)36(39)37(43)28-15-20-31(41)21-16-28/h4-24,36H,1-3H3/t36-,39-/m1/s1. The summed E-state index contributed by atoms with van der Waals surface area (Å²) in [5.74, 6) is -0.450. The number of hydrogen-bond acceptors (Lipinski definition) is 2. The molecule has 0 saturated heterocycles. The van der Waals surface area contributed by atoms with Crippen LogP contribution in [0.5, 0.6) is 0 Å². The Bertz CT molecular complexity index is 1940. The second kappa shape index (κ2) is 10.3. The highest BCUT2D eigenvalue weighted by Gasteiger charge is 2.62. The first kappa shape index (κ1) is 27.7. The van der Waals surface area contributed by atoms with Crippen molar-refractivity contribution in [1.29, 1.82) is 0 Å². The average molecular weight is 601 g/mol. The first-order valence-electron chi connectivity index (χ1n) is 14.5. The van der Waals surface area contributed by atoms with Crippen molar-refractivity contribution >= 4 is 56.6 Å². The van der Waals surface area contributed by atoms with Crippen LogP contribution in [0.2, 0.25) is 10.0 Å². The van der Waals surface area contributed by atoms with Gasteiger partial charge in [0.15, 0.2) is 5.78 Å². The van der Waals surface area contributed by atoms with Crippen LogP contribution in [0.15, 0.2) is 127 Å². The molecular weight excluding hydrogens is 569 g/mol. The van der Waals surface area contributed by atoms with E-state index in [0.29, 0.717) is 15.6 Å². The molecule has 2 atom stereocenters. The van der Waals surface area contributed by atoms with Crippen molar-refractivity contribution in [2.24, 2.45) is 5.92 Å². The molecule has 0 radical (unpaired) electrons. The van der Waals surface area contributed by atoms with E-state index in [-0.39, 0.29) is 5.78 Å². The third-order valence-electron chi connectivity index (χ3n) is 9.56. The fourth-order valence-electron chi connectivity index (χ4n) is 7.51. The summed E-state index contributed by atoms with van der Waals surface area (Å²) in [6, 6.07) is 38.6. The minimum atomic E-state index is -0.745.